The van der Waals surface area contributed by atoms with Crippen LogP contribution in [-0.2, 0) is 4.79 Å². The Balaban J connectivity index is 2.75. The van der Waals surface area contributed by atoms with Crippen molar-refractivity contribution in [1.82, 2.24) is 0 Å². The summed E-state index contributed by atoms with van der Waals surface area (Å²) in [6.45, 7) is 0. The zero-order valence-electron chi connectivity index (χ0n) is 7.44. The van der Waals surface area contributed by atoms with Gasteiger partial charge in [-0.05, 0) is 34.1 Å². The molecule has 6 heteroatoms. The van der Waals surface area contributed by atoms with E-state index in [1.807, 2.05) is 0 Å². The fraction of sp³-hybridized carbons (Fsp3) is 0.222. The molecule has 0 aliphatic carbocycles. The van der Waals surface area contributed by atoms with Crippen LogP contribution in [0.25, 0.3) is 0 Å². The molecule has 0 spiro atoms. The van der Waals surface area contributed by atoms with Crippen LogP contribution in [0.4, 0.5) is 10.1 Å². The van der Waals surface area contributed by atoms with E-state index in [2.05, 4.69) is 37.2 Å². The van der Waals surface area contributed by atoms with Gasteiger partial charge in [0.25, 0.3) is 10.5 Å². The second kappa shape index (κ2) is 5.27. The normalized spacial score (nSPS) is 14.4. The maximum absolute atomic E-state index is 13.4. The van der Waals surface area contributed by atoms with E-state index < -0.39 is 10.5 Å². The van der Waals surface area contributed by atoms with Gasteiger partial charge in [0.2, 0.25) is 0 Å². The number of anilines is 1. The summed E-state index contributed by atoms with van der Waals surface area (Å²) >= 11 is 11.3. The first-order valence-electron chi connectivity index (χ1n) is 3.96. The van der Waals surface area contributed by atoms with Gasteiger partial charge in [-0.1, -0.05) is 33.6 Å². The molecule has 1 unspecified atom stereocenters. The van der Waals surface area contributed by atoms with Gasteiger partial charge in [0, 0.05) is 10.7 Å². The molecule has 0 aliphatic rings. The summed E-state index contributed by atoms with van der Waals surface area (Å²) in [7, 11) is 0. The molecule has 2 nitrogen and oxygen atoms in total. The Morgan fingerprint density at radius 1 is 1.60 bits per heavy atom. The summed E-state index contributed by atoms with van der Waals surface area (Å²) in [6.07, 6.45) is 0. The molecule has 1 N–H and O–H groups in total. The smallest absolute Gasteiger partial charge is 0.274 e. The first kappa shape index (κ1) is 12.9. The Labute approximate surface area is 108 Å². The van der Waals surface area contributed by atoms with Gasteiger partial charge in [-0.25, -0.2) is 4.39 Å². The monoisotopic (exact) mass is 357 g/mol. The molecule has 1 atom stereocenters. The fourth-order valence-corrected chi connectivity index (χ4v) is 1.39. The minimum absolute atomic E-state index is 0.133. The summed E-state index contributed by atoms with van der Waals surface area (Å²) in [5, 5.41) is 2.74. The second-order valence-electron chi connectivity index (χ2n) is 2.80. The highest BCUT2D eigenvalue weighted by molar-refractivity contribution is 9.12. The van der Waals surface area contributed by atoms with Crippen LogP contribution in [0.5, 0.6) is 0 Å². The first-order valence-corrected chi connectivity index (χ1v) is 6.26. The number of amides is 1. The van der Waals surface area contributed by atoms with Crippen molar-refractivity contribution >= 4 is 55.1 Å². The number of halogens is 4. The van der Waals surface area contributed by atoms with Gasteiger partial charge in [0.15, 0.2) is 0 Å². The lowest BCUT2D eigenvalue weighted by Crippen LogP contribution is -2.34. The largest absolute Gasteiger partial charge is 0.322 e. The molecule has 82 valence electrons. The first-order chi connectivity index (χ1) is 6.95. The van der Waals surface area contributed by atoms with Crippen molar-refractivity contribution in [3.05, 3.63) is 29.3 Å². The molecule has 0 saturated carbocycles. The van der Waals surface area contributed by atoms with E-state index >= 15 is 0 Å². The van der Waals surface area contributed by atoms with Gasteiger partial charge in [0.05, 0.1) is 5.33 Å². The quantitative estimate of drug-likeness (QED) is 0.819. The van der Waals surface area contributed by atoms with Crippen LogP contribution < -0.4 is 5.32 Å². The van der Waals surface area contributed by atoms with Crippen molar-refractivity contribution in [2.75, 3.05) is 10.6 Å². The Bertz CT molecular complexity index is 373. The maximum Gasteiger partial charge on any atom is 0.274 e. The summed E-state index contributed by atoms with van der Waals surface area (Å²) in [4.78, 5) is 11.4. The third-order valence-corrected chi connectivity index (χ3v) is 3.98. The highest BCUT2D eigenvalue weighted by atomic mass is 79.9. The second-order valence-corrected chi connectivity index (χ2v) is 5.06. The van der Waals surface area contributed by atoms with E-state index in [0.29, 0.717) is 10.7 Å². The topological polar surface area (TPSA) is 29.1 Å². The molecule has 0 radical (unpaired) electrons. The molecule has 0 saturated heterocycles. The van der Waals surface area contributed by atoms with Crippen LogP contribution in [0.3, 0.4) is 0 Å². The zero-order valence-corrected chi connectivity index (χ0v) is 11.4. The molecule has 0 bridgehead atoms. The number of carbonyl (C=O) groups is 1. The maximum atomic E-state index is 13.4. The average Bonchev–Trinajstić information content (AvgIpc) is 2.17. The van der Waals surface area contributed by atoms with E-state index in [0.717, 1.165) is 0 Å². The van der Waals surface area contributed by atoms with Crippen LogP contribution in [0.15, 0.2) is 24.3 Å². The van der Waals surface area contributed by atoms with Crippen molar-refractivity contribution in [1.29, 1.82) is 0 Å². The lowest BCUT2D eigenvalue weighted by Gasteiger charge is -2.14. The standard InChI is InChI=1S/C9H7Br2ClFNO/c10-5-9(11,13)8(15)14-7-3-1-2-6(12)4-7/h1-4H,5H2,(H,14,15). The SMILES string of the molecule is O=C(Nc1cccc(Cl)c1)C(F)(Br)CBr. The molecule has 1 amide bonds. The summed E-state index contributed by atoms with van der Waals surface area (Å²) in [5.41, 5.74) is 0.454. The van der Waals surface area contributed by atoms with Gasteiger partial charge >= 0.3 is 0 Å². The van der Waals surface area contributed by atoms with Gasteiger partial charge in [0.1, 0.15) is 0 Å². The molecule has 1 aromatic rings. The molecule has 0 aliphatic heterocycles. The van der Waals surface area contributed by atoms with Crippen molar-refractivity contribution in [3.63, 3.8) is 0 Å². The Morgan fingerprint density at radius 3 is 2.80 bits per heavy atom. The van der Waals surface area contributed by atoms with Crippen LogP contribution in [0.1, 0.15) is 0 Å². The molecule has 1 aromatic carbocycles. The summed E-state index contributed by atoms with van der Waals surface area (Å²) in [6, 6.07) is 6.50. The van der Waals surface area contributed by atoms with Crippen LogP contribution in [0.2, 0.25) is 5.02 Å². The average molecular weight is 359 g/mol. The molecular weight excluding hydrogens is 352 g/mol. The Kier molecular flexibility index (Phi) is 4.55. The number of rotatable bonds is 3. The van der Waals surface area contributed by atoms with Gasteiger partial charge in [-0.2, -0.15) is 0 Å². The van der Waals surface area contributed by atoms with E-state index in [1.165, 1.54) is 6.07 Å². The van der Waals surface area contributed by atoms with Crippen molar-refractivity contribution in [2.24, 2.45) is 0 Å². The predicted octanol–water partition coefficient (Wildman–Crippen LogP) is 3.73. The number of nitrogens with one attached hydrogen (secondary N) is 1. The summed E-state index contributed by atoms with van der Waals surface area (Å²) in [5.74, 6) is -0.776. The number of hydrogen-bond acceptors (Lipinski definition) is 1. The Hall–Kier alpha value is -0.130. The van der Waals surface area contributed by atoms with Crippen LogP contribution >= 0.6 is 43.5 Å². The van der Waals surface area contributed by atoms with Gasteiger partial charge in [-0.3, -0.25) is 4.79 Å². The lowest BCUT2D eigenvalue weighted by molar-refractivity contribution is -0.121. The van der Waals surface area contributed by atoms with Crippen molar-refractivity contribution in [2.45, 2.75) is 4.58 Å². The van der Waals surface area contributed by atoms with Crippen molar-refractivity contribution in [3.8, 4) is 0 Å². The summed E-state index contributed by atoms with van der Waals surface area (Å²) < 4.78 is 11.3. The molecule has 0 aromatic heterocycles. The molecule has 15 heavy (non-hydrogen) atoms. The highest BCUT2D eigenvalue weighted by Gasteiger charge is 2.34. The van der Waals surface area contributed by atoms with Crippen LogP contribution in [-0.4, -0.2) is 15.8 Å². The number of carbonyl (C=O) groups excluding carboxylic acids is 1. The third kappa shape index (κ3) is 3.74. The van der Waals surface area contributed by atoms with Gasteiger partial charge in [-0.15, -0.1) is 0 Å². The number of alkyl halides is 3. The Morgan fingerprint density at radius 2 is 2.27 bits per heavy atom. The van der Waals surface area contributed by atoms with E-state index in [9.17, 15) is 9.18 Å². The third-order valence-electron chi connectivity index (χ3n) is 1.58. The molecule has 0 heterocycles. The minimum Gasteiger partial charge on any atom is -0.322 e. The van der Waals surface area contributed by atoms with E-state index in [4.69, 9.17) is 11.6 Å². The van der Waals surface area contributed by atoms with E-state index in [1.54, 1.807) is 18.2 Å². The molecule has 1 rings (SSSR count). The number of benzene rings is 1. The van der Waals surface area contributed by atoms with Gasteiger partial charge < -0.3 is 5.32 Å². The molecular formula is C9H7Br2ClFNO. The fourth-order valence-electron chi connectivity index (χ4n) is 0.849. The zero-order chi connectivity index (χ0) is 11.5. The van der Waals surface area contributed by atoms with Crippen molar-refractivity contribution < 1.29 is 9.18 Å². The highest BCUT2D eigenvalue weighted by Crippen LogP contribution is 2.25. The lowest BCUT2D eigenvalue weighted by atomic mass is 10.3. The molecule has 0 fully saturated rings. The van der Waals surface area contributed by atoms with E-state index in [-0.39, 0.29) is 5.33 Å². The minimum atomic E-state index is -2.12. The number of hydrogen-bond donors (Lipinski definition) is 1. The predicted molar refractivity (Wildman–Crippen MR) is 66.6 cm³/mol. The van der Waals surface area contributed by atoms with Crippen LogP contribution in [0, 0.1) is 0 Å².